The molecule has 0 saturated heterocycles. The molecule has 1 aromatic heterocycles. The molecule has 3 nitrogen and oxygen atoms in total. The zero-order chi connectivity index (χ0) is 13.7. The second kappa shape index (κ2) is 6.45. The van der Waals surface area contributed by atoms with Crippen LogP contribution in [0.3, 0.4) is 0 Å². The van der Waals surface area contributed by atoms with Gasteiger partial charge in [-0.1, -0.05) is 30.3 Å². The van der Waals surface area contributed by atoms with E-state index in [0.29, 0.717) is 0 Å². The van der Waals surface area contributed by atoms with Crippen LogP contribution in [0.2, 0.25) is 0 Å². The van der Waals surface area contributed by atoms with Gasteiger partial charge in [-0.3, -0.25) is 4.98 Å². The molecule has 1 unspecified atom stereocenters. The number of aryl methyl sites for hydroxylation is 1. The van der Waals surface area contributed by atoms with E-state index < -0.39 is 0 Å². The van der Waals surface area contributed by atoms with Crippen molar-refractivity contribution in [1.82, 2.24) is 10.3 Å². The molecule has 0 aliphatic rings. The molecule has 2 aromatic rings. The highest BCUT2D eigenvalue weighted by atomic mass is 16.3. The van der Waals surface area contributed by atoms with Crippen molar-refractivity contribution in [3.63, 3.8) is 0 Å². The van der Waals surface area contributed by atoms with Gasteiger partial charge in [0.05, 0.1) is 12.3 Å². The smallest absolute Gasteiger partial charge is 0.0681 e. The van der Waals surface area contributed by atoms with Gasteiger partial charge in [-0.25, -0.2) is 0 Å². The van der Waals surface area contributed by atoms with Crippen molar-refractivity contribution in [3.8, 4) is 0 Å². The minimum Gasteiger partial charge on any atom is -0.392 e. The second-order valence-corrected chi connectivity index (χ2v) is 4.78. The molecule has 1 aromatic carbocycles. The van der Waals surface area contributed by atoms with Crippen LogP contribution < -0.4 is 5.32 Å². The fourth-order valence-corrected chi connectivity index (χ4v) is 2.03. The quantitative estimate of drug-likeness (QED) is 0.864. The lowest BCUT2D eigenvalue weighted by molar-refractivity contribution is 0.281. The van der Waals surface area contributed by atoms with Crippen LogP contribution in [0, 0.1) is 6.92 Å². The Bertz CT molecular complexity index is 540. The number of nitrogens with one attached hydrogen (secondary N) is 1. The maximum atomic E-state index is 9.15. The van der Waals surface area contributed by atoms with Gasteiger partial charge in [0.25, 0.3) is 0 Å². The van der Waals surface area contributed by atoms with Gasteiger partial charge >= 0.3 is 0 Å². The zero-order valence-corrected chi connectivity index (χ0v) is 11.4. The normalized spacial score (nSPS) is 12.4. The van der Waals surface area contributed by atoms with Gasteiger partial charge in [-0.15, -0.1) is 0 Å². The fraction of sp³-hybridized carbons (Fsp3) is 0.312. The highest BCUT2D eigenvalue weighted by Gasteiger charge is 2.06. The summed E-state index contributed by atoms with van der Waals surface area (Å²) in [6, 6.07) is 14.3. The van der Waals surface area contributed by atoms with E-state index in [0.717, 1.165) is 23.5 Å². The summed E-state index contributed by atoms with van der Waals surface area (Å²) in [5.74, 6) is 0. The van der Waals surface area contributed by atoms with E-state index in [2.05, 4.69) is 23.3 Å². The predicted molar refractivity (Wildman–Crippen MR) is 76.6 cm³/mol. The van der Waals surface area contributed by atoms with Crippen molar-refractivity contribution in [2.45, 2.75) is 33.0 Å². The monoisotopic (exact) mass is 256 g/mol. The molecule has 0 amide bonds. The Labute approximate surface area is 114 Å². The number of nitrogens with zero attached hydrogens (tertiary/aromatic N) is 1. The van der Waals surface area contributed by atoms with E-state index in [1.807, 2.05) is 43.3 Å². The summed E-state index contributed by atoms with van der Waals surface area (Å²) in [5.41, 5.74) is 4.21. The molecule has 19 heavy (non-hydrogen) atoms. The number of aliphatic hydroxyl groups excluding tert-OH is 1. The van der Waals surface area contributed by atoms with E-state index in [4.69, 9.17) is 5.11 Å². The summed E-state index contributed by atoms with van der Waals surface area (Å²) < 4.78 is 0. The minimum atomic E-state index is 0.0833. The molecule has 3 heteroatoms. The lowest BCUT2D eigenvalue weighted by Gasteiger charge is -2.15. The maximum Gasteiger partial charge on any atom is 0.0681 e. The van der Waals surface area contributed by atoms with E-state index >= 15 is 0 Å². The first-order valence-corrected chi connectivity index (χ1v) is 6.54. The van der Waals surface area contributed by atoms with Crippen molar-refractivity contribution in [2.75, 3.05) is 0 Å². The Balaban J connectivity index is 1.99. The third kappa shape index (κ3) is 3.88. The number of pyridine rings is 1. The largest absolute Gasteiger partial charge is 0.392 e. The van der Waals surface area contributed by atoms with Crippen LogP contribution in [0.5, 0.6) is 0 Å². The summed E-state index contributed by atoms with van der Waals surface area (Å²) in [6.45, 7) is 4.94. The SMILES string of the molecule is Cc1cccc(CNC(C)c2cccc(CO)c2)n1. The topological polar surface area (TPSA) is 45.1 Å². The molecule has 0 aliphatic carbocycles. The van der Waals surface area contributed by atoms with Gasteiger partial charge in [-0.05, 0) is 37.1 Å². The average molecular weight is 256 g/mol. The summed E-state index contributed by atoms with van der Waals surface area (Å²) in [6.07, 6.45) is 0. The van der Waals surface area contributed by atoms with Crippen LogP contribution in [0.1, 0.15) is 35.5 Å². The average Bonchev–Trinajstić information content (AvgIpc) is 2.45. The van der Waals surface area contributed by atoms with Gasteiger partial charge in [-0.2, -0.15) is 0 Å². The standard InChI is InChI=1S/C16H20N2O/c1-12-5-3-8-16(18-12)10-17-13(2)15-7-4-6-14(9-15)11-19/h3-9,13,17,19H,10-11H2,1-2H3. The highest BCUT2D eigenvalue weighted by molar-refractivity contribution is 5.25. The van der Waals surface area contributed by atoms with Crippen LogP contribution in [0.4, 0.5) is 0 Å². The Morgan fingerprint density at radius 2 is 2.00 bits per heavy atom. The molecule has 0 spiro atoms. The first kappa shape index (κ1) is 13.7. The summed E-state index contributed by atoms with van der Waals surface area (Å²) in [7, 11) is 0. The molecular weight excluding hydrogens is 236 g/mol. The molecule has 0 saturated carbocycles. The number of benzene rings is 1. The Morgan fingerprint density at radius 3 is 2.74 bits per heavy atom. The Morgan fingerprint density at radius 1 is 1.21 bits per heavy atom. The van der Waals surface area contributed by atoms with Crippen LogP contribution in [-0.2, 0) is 13.2 Å². The molecule has 1 atom stereocenters. The summed E-state index contributed by atoms with van der Waals surface area (Å²) in [5, 5.41) is 12.6. The highest BCUT2D eigenvalue weighted by Crippen LogP contribution is 2.14. The van der Waals surface area contributed by atoms with Crippen LogP contribution in [-0.4, -0.2) is 10.1 Å². The van der Waals surface area contributed by atoms with Crippen molar-refractivity contribution in [2.24, 2.45) is 0 Å². The number of aliphatic hydroxyl groups is 1. The molecule has 2 N–H and O–H groups in total. The molecule has 0 fully saturated rings. The van der Waals surface area contributed by atoms with Crippen molar-refractivity contribution < 1.29 is 5.11 Å². The van der Waals surface area contributed by atoms with Crippen molar-refractivity contribution in [1.29, 1.82) is 0 Å². The third-order valence-corrected chi connectivity index (χ3v) is 3.17. The number of hydrogen-bond donors (Lipinski definition) is 2. The second-order valence-electron chi connectivity index (χ2n) is 4.78. The molecule has 2 rings (SSSR count). The Kier molecular flexibility index (Phi) is 4.66. The zero-order valence-electron chi connectivity index (χ0n) is 11.4. The molecule has 0 bridgehead atoms. The van der Waals surface area contributed by atoms with Crippen LogP contribution >= 0.6 is 0 Å². The van der Waals surface area contributed by atoms with Crippen LogP contribution in [0.15, 0.2) is 42.5 Å². The van der Waals surface area contributed by atoms with E-state index in [1.54, 1.807) is 0 Å². The van der Waals surface area contributed by atoms with Crippen LogP contribution in [0.25, 0.3) is 0 Å². The van der Waals surface area contributed by atoms with Gasteiger partial charge in [0.2, 0.25) is 0 Å². The van der Waals surface area contributed by atoms with E-state index in [9.17, 15) is 0 Å². The summed E-state index contributed by atoms with van der Waals surface area (Å²) >= 11 is 0. The third-order valence-electron chi connectivity index (χ3n) is 3.17. The van der Waals surface area contributed by atoms with Gasteiger partial charge in [0.1, 0.15) is 0 Å². The first-order valence-electron chi connectivity index (χ1n) is 6.54. The van der Waals surface area contributed by atoms with Crippen molar-refractivity contribution in [3.05, 3.63) is 65.0 Å². The summed E-state index contributed by atoms with van der Waals surface area (Å²) in [4.78, 5) is 4.47. The van der Waals surface area contributed by atoms with E-state index in [1.165, 1.54) is 5.56 Å². The Hall–Kier alpha value is -1.71. The number of aromatic nitrogens is 1. The van der Waals surface area contributed by atoms with Gasteiger partial charge in [0, 0.05) is 18.3 Å². The minimum absolute atomic E-state index is 0.0833. The van der Waals surface area contributed by atoms with Crippen molar-refractivity contribution >= 4 is 0 Å². The molecule has 1 heterocycles. The van der Waals surface area contributed by atoms with E-state index in [-0.39, 0.29) is 12.6 Å². The molecule has 100 valence electrons. The molecular formula is C16H20N2O. The van der Waals surface area contributed by atoms with Gasteiger partial charge in [0.15, 0.2) is 0 Å². The molecule has 0 radical (unpaired) electrons. The van der Waals surface area contributed by atoms with Gasteiger partial charge < -0.3 is 10.4 Å². The number of hydrogen-bond acceptors (Lipinski definition) is 3. The fourth-order valence-electron chi connectivity index (χ4n) is 2.03. The predicted octanol–water partition coefficient (Wildman–Crippen LogP) is 2.73. The lowest BCUT2D eigenvalue weighted by Crippen LogP contribution is -2.19. The first-order chi connectivity index (χ1) is 9.19. The lowest BCUT2D eigenvalue weighted by atomic mass is 10.1. The number of rotatable bonds is 5. The maximum absolute atomic E-state index is 9.15. The molecule has 0 aliphatic heterocycles.